The quantitative estimate of drug-likeness (QED) is 0.788. The van der Waals surface area contributed by atoms with Gasteiger partial charge in [0.2, 0.25) is 10.0 Å². The fraction of sp³-hybridized carbons (Fsp3) is 0.444. The standard InChI is InChI=1S/C9H13NO5S/c1-6-3-4-8(15-6)5-10-16(13,14)7(2)9(11)12/h3-4,7,10H,5H2,1-2H3,(H,11,12). The number of rotatable bonds is 5. The zero-order valence-electron chi connectivity index (χ0n) is 8.93. The first-order chi connectivity index (χ1) is 7.33. The molecule has 6 nitrogen and oxygen atoms in total. The third kappa shape index (κ3) is 3.07. The van der Waals surface area contributed by atoms with Crippen LogP contribution < -0.4 is 4.72 Å². The lowest BCUT2D eigenvalue weighted by atomic mass is 10.4. The van der Waals surface area contributed by atoms with Crippen LogP contribution in [0.5, 0.6) is 0 Å². The van der Waals surface area contributed by atoms with Crippen LogP contribution in [0.3, 0.4) is 0 Å². The summed E-state index contributed by atoms with van der Waals surface area (Å²) in [6.45, 7) is 2.80. The Morgan fingerprint density at radius 2 is 2.19 bits per heavy atom. The minimum atomic E-state index is -3.86. The normalized spacial score (nSPS) is 13.6. The van der Waals surface area contributed by atoms with Crippen molar-refractivity contribution < 1.29 is 22.7 Å². The maximum absolute atomic E-state index is 11.4. The Balaban J connectivity index is 2.65. The van der Waals surface area contributed by atoms with Crippen LogP contribution in [0.25, 0.3) is 0 Å². The van der Waals surface area contributed by atoms with Crippen molar-refractivity contribution in [1.29, 1.82) is 0 Å². The molecule has 1 aromatic heterocycles. The van der Waals surface area contributed by atoms with Crippen molar-refractivity contribution in [1.82, 2.24) is 4.72 Å². The summed E-state index contributed by atoms with van der Waals surface area (Å²) in [5.41, 5.74) is 0. The van der Waals surface area contributed by atoms with E-state index in [4.69, 9.17) is 9.52 Å². The van der Waals surface area contributed by atoms with Gasteiger partial charge in [-0.05, 0) is 26.0 Å². The average Bonchev–Trinajstić information content (AvgIpc) is 2.60. The highest BCUT2D eigenvalue weighted by molar-refractivity contribution is 7.90. The van der Waals surface area contributed by atoms with E-state index in [9.17, 15) is 13.2 Å². The van der Waals surface area contributed by atoms with Crippen molar-refractivity contribution in [2.45, 2.75) is 25.6 Å². The van der Waals surface area contributed by atoms with E-state index in [1.165, 1.54) is 0 Å². The fourth-order valence-electron chi connectivity index (χ4n) is 1.01. The van der Waals surface area contributed by atoms with Crippen LogP contribution in [0, 0.1) is 6.92 Å². The van der Waals surface area contributed by atoms with Gasteiger partial charge >= 0.3 is 5.97 Å². The van der Waals surface area contributed by atoms with E-state index in [0.29, 0.717) is 11.5 Å². The molecule has 0 aliphatic heterocycles. The Morgan fingerprint density at radius 1 is 1.56 bits per heavy atom. The molecule has 7 heteroatoms. The predicted molar refractivity (Wildman–Crippen MR) is 56.3 cm³/mol. The molecule has 1 rings (SSSR count). The van der Waals surface area contributed by atoms with Crippen LogP contribution in [-0.2, 0) is 21.4 Å². The van der Waals surface area contributed by atoms with Crippen LogP contribution in [-0.4, -0.2) is 24.7 Å². The lowest BCUT2D eigenvalue weighted by molar-refractivity contribution is -0.136. The highest BCUT2D eigenvalue weighted by Gasteiger charge is 2.27. The van der Waals surface area contributed by atoms with Gasteiger partial charge in [-0.25, -0.2) is 13.1 Å². The molecular formula is C9H13NO5S. The highest BCUT2D eigenvalue weighted by Crippen LogP contribution is 2.07. The molecule has 2 N–H and O–H groups in total. The molecule has 90 valence electrons. The topological polar surface area (TPSA) is 96.6 Å². The fourth-order valence-corrected chi connectivity index (χ4v) is 1.87. The van der Waals surface area contributed by atoms with E-state index < -0.39 is 21.2 Å². The number of hydrogen-bond donors (Lipinski definition) is 2. The van der Waals surface area contributed by atoms with Crippen molar-refractivity contribution in [2.75, 3.05) is 0 Å². The molecule has 0 amide bonds. The van der Waals surface area contributed by atoms with Gasteiger partial charge in [0.25, 0.3) is 0 Å². The lowest BCUT2D eigenvalue weighted by Gasteiger charge is -2.08. The second-order valence-electron chi connectivity index (χ2n) is 3.36. The number of carbonyl (C=O) groups is 1. The second kappa shape index (κ2) is 4.67. The Hall–Kier alpha value is -1.34. The molecule has 0 radical (unpaired) electrons. The zero-order chi connectivity index (χ0) is 12.3. The predicted octanol–water partition coefficient (Wildman–Crippen LogP) is 0.481. The van der Waals surface area contributed by atoms with Gasteiger partial charge in [0.15, 0.2) is 5.25 Å². The number of hydrogen-bond acceptors (Lipinski definition) is 4. The zero-order valence-corrected chi connectivity index (χ0v) is 9.74. The summed E-state index contributed by atoms with van der Waals surface area (Å²) < 4.78 is 30.1. The van der Waals surface area contributed by atoms with Crippen molar-refractivity contribution in [3.8, 4) is 0 Å². The SMILES string of the molecule is Cc1ccc(CNS(=O)(=O)C(C)C(=O)O)o1. The van der Waals surface area contributed by atoms with E-state index in [-0.39, 0.29) is 6.54 Å². The maximum atomic E-state index is 11.4. The first kappa shape index (κ1) is 12.7. The van der Waals surface area contributed by atoms with Crippen LogP contribution in [0.1, 0.15) is 18.4 Å². The molecular weight excluding hydrogens is 234 g/mol. The van der Waals surface area contributed by atoms with Gasteiger partial charge in [0.05, 0.1) is 6.54 Å². The number of carboxylic acids is 1. The summed E-state index contributed by atoms with van der Waals surface area (Å²) >= 11 is 0. The Kier molecular flexibility index (Phi) is 3.71. The van der Waals surface area contributed by atoms with Crippen LogP contribution in [0.2, 0.25) is 0 Å². The van der Waals surface area contributed by atoms with E-state index in [2.05, 4.69) is 4.72 Å². The molecule has 0 bridgehead atoms. The van der Waals surface area contributed by atoms with Gasteiger partial charge in [-0.2, -0.15) is 0 Å². The van der Waals surface area contributed by atoms with Crippen LogP contribution in [0.15, 0.2) is 16.5 Å². The van der Waals surface area contributed by atoms with Crippen molar-refractivity contribution in [3.63, 3.8) is 0 Å². The number of aryl methyl sites for hydroxylation is 1. The van der Waals surface area contributed by atoms with E-state index >= 15 is 0 Å². The average molecular weight is 247 g/mol. The first-order valence-corrected chi connectivity index (χ1v) is 6.14. The number of aliphatic carboxylic acids is 1. The van der Waals surface area contributed by atoms with E-state index in [1.807, 2.05) is 0 Å². The first-order valence-electron chi connectivity index (χ1n) is 4.59. The third-order valence-electron chi connectivity index (χ3n) is 2.06. The Bertz CT molecular complexity index is 476. The molecule has 0 fully saturated rings. The van der Waals surface area contributed by atoms with Crippen molar-refractivity contribution in [3.05, 3.63) is 23.7 Å². The molecule has 1 aromatic rings. The van der Waals surface area contributed by atoms with E-state index in [1.54, 1.807) is 19.1 Å². The maximum Gasteiger partial charge on any atom is 0.323 e. The number of carboxylic acid groups (broad SMARTS) is 1. The molecule has 0 aromatic carbocycles. The van der Waals surface area contributed by atoms with Crippen LogP contribution >= 0.6 is 0 Å². The summed E-state index contributed by atoms with van der Waals surface area (Å²) in [5, 5.41) is 7.09. The number of furan rings is 1. The summed E-state index contributed by atoms with van der Waals surface area (Å²) in [4.78, 5) is 10.5. The van der Waals surface area contributed by atoms with Gasteiger partial charge in [-0.1, -0.05) is 0 Å². The Morgan fingerprint density at radius 3 is 2.62 bits per heavy atom. The number of sulfonamides is 1. The van der Waals surface area contributed by atoms with E-state index in [0.717, 1.165) is 6.92 Å². The van der Waals surface area contributed by atoms with Gasteiger partial charge in [0, 0.05) is 0 Å². The largest absolute Gasteiger partial charge is 0.480 e. The summed E-state index contributed by atoms with van der Waals surface area (Å²) in [6.07, 6.45) is 0. The Labute approximate surface area is 93.3 Å². The lowest BCUT2D eigenvalue weighted by Crippen LogP contribution is -2.37. The molecule has 1 heterocycles. The van der Waals surface area contributed by atoms with Crippen molar-refractivity contribution >= 4 is 16.0 Å². The van der Waals surface area contributed by atoms with Crippen LogP contribution in [0.4, 0.5) is 0 Å². The summed E-state index contributed by atoms with van der Waals surface area (Å²) in [5.74, 6) is -0.276. The monoisotopic (exact) mass is 247 g/mol. The minimum absolute atomic E-state index is 0.0478. The minimum Gasteiger partial charge on any atom is -0.480 e. The van der Waals surface area contributed by atoms with Gasteiger partial charge in [-0.3, -0.25) is 4.79 Å². The molecule has 0 saturated carbocycles. The molecule has 16 heavy (non-hydrogen) atoms. The molecule has 1 atom stereocenters. The van der Waals surface area contributed by atoms with Gasteiger partial charge < -0.3 is 9.52 Å². The molecule has 0 spiro atoms. The van der Waals surface area contributed by atoms with Crippen molar-refractivity contribution in [2.24, 2.45) is 0 Å². The number of nitrogens with one attached hydrogen (secondary N) is 1. The molecule has 1 unspecified atom stereocenters. The highest BCUT2D eigenvalue weighted by atomic mass is 32.2. The summed E-state index contributed by atoms with van der Waals surface area (Å²) in [6, 6.07) is 3.33. The van der Waals surface area contributed by atoms with Gasteiger partial charge in [0.1, 0.15) is 11.5 Å². The van der Waals surface area contributed by atoms with Gasteiger partial charge in [-0.15, -0.1) is 0 Å². The third-order valence-corrected chi connectivity index (χ3v) is 3.74. The second-order valence-corrected chi connectivity index (χ2v) is 5.44. The smallest absolute Gasteiger partial charge is 0.323 e. The molecule has 0 aliphatic carbocycles. The molecule has 0 aliphatic rings. The molecule has 0 saturated heterocycles. The summed E-state index contributed by atoms with van der Waals surface area (Å²) in [7, 11) is -3.86.